The van der Waals surface area contributed by atoms with Gasteiger partial charge in [-0.2, -0.15) is 0 Å². The molecule has 28 heavy (non-hydrogen) atoms. The summed E-state index contributed by atoms with van der Waals surface area (Å²) in [5, 5.41) is 3.88. The number of hydrogen-bond acceptors (Lipinski definition) is 4. The quantitative estimate of drug-likeness (QED) is 0.639. The summed E-state index contributed by atoms with van der Waals surface area (Å²) in [5.74, 6) is 0.0615. The first-order chi connectivity index (χ1) is 13.8. The summed E-state index contributed by atoms with van der Waals surface area (Å²) in [7, 11) is 0. The van der Waals surface area contributed by atoms with E-state index in [9.17, 15) is 4.79 Å². The highest BCUT2D eigenvalue weighted by Crippen LogP contribution is 2.28. The molecule has 1 aliphatic heterocycles. The van der Waals surface area contributed by atoms with Crippen molar-refractivity contribution in [2.45, 2.75) is 32.8 Å². The van der Waals surface area contributed by atoms with Crippen LogP contribution in [0.4, 0.5) is 11.4 Å². The lowest BCUT2D eigenvalue weighted by molar-refractivity contribution is 0.0984. The molecule has 0 spiro atoms. The maximum Gasteiger partial charge on any atom is 0.291 e. The minimum atomic E-state index is -0.253. The summed E-state index contributed by atoms with van der Waals surface area (Å²) in [6, 6.07) is 15.7. The van der Waals surface area contributed by atoms with E-state index in [1.165, 1.54) is 24.9 Å². The number of para-hydroxylation sites is 1. The average Bonchev–Trinajstić information content (AvgIpc) is 3.12. The van der Waals surface area contributed by atoms with Gasteiger partial charge in [0, 0.05) is 42.0 Å². The Morgan fingerprint density at radius 2 is 1.82 bits per heavy atom. The number of carbonyl (C=O) groups is 1. The van der Waals surface area contributed by atoms with Gasteiger partial charge in [-0.05, 0) is 56.5 Å². The Labute approximate surface area is 165 Å². The Morgan fingerprint density at radius 1 is 1.07 bits per heavy atom. The molecule has 3 aromatic rings. The molecule has 1 fully saturated rings. The van der Waals surface area contributed by atoms with Crippen LogP contribution in [0, 0.1) is 0 Å². The smallest absolute Gasteiger partial charge is 0.291 e. The zero-order valence-corrected chi connectivity index (χ0v) is 16.2. The van der Waals surface area contributed by atoms with Crippen LogP contribution in [-0.4, -0.2) is 25.6 Å². The standard InChI is InChI=1S/C23H26N2O3/c1-2-27-16-20-19-8-4-5-9-21(19)28-22(20)23(26)24-17-10-12-18(13-11-17)25-14-6-3-7-15-25/h4-5,8-13H,2-3,6-7,14-16H2,1H3,(H,24,26). The first-order valence-corrected chi connectivity index (χ1v) is 10.0. The first-order valence-electron chi connectivity index (χ1n) is 10.0. The predicted octanol–water partition coefficient (Wildman–Crippen LogP) is 5.21. The van der Waals surface area contributed by atoms with Gasteiger partial charge in [-0.15, -0.1) is 0 Å². The fraction of sp³-hybridized carbons (Fsp3) is 0.348. The van der Waals surface area contributed by atoms with Crippen molar-refractivity contribution in [3.63, 3.8) is 0 Å². The monoisotopic (exact) mass is 378 g/mol. The largest absolute Gasteiger partial charge is 0.451 e. The molecule has 0 atom stereocenters. The highest BCUT2D eigenvalue weighted by molar-refractivity contribution is 6.06. The lowest BCUT2D eigenvalue weighted by Crippen LogP contribution is -2.29. The molecule has 1 amide bonds. The molecule has 1 saturated heterocycles. The summed E-state index contributed by atoms with van der Waals surface area (Å²) in [6.45, 7) is 5.07. The van der Waals surface area contributed by atoms with Crippen molar-refractivity contribution in [1.82, 2.24) is 0 Å². The molecule has 2 aromatic carbocycles. The Hall–Kier alpha value is -2.79. The number of furan rings is 1. The van der Waals surface area contributed by atoms with Crippen LogP contribution in [0.5, 0.6) is 0 Å². The first kappa shape index (κ1) is 18.6. The summed E-state index contributed by atoms with van der Waals surface area (Å²) in [4.78, 5) is 15.3. The fourth-order valence-electron chi connectivity index (χ4n) is 3.73. The van der Waals surface area contributed by atoms with E-state index in [2.05, 4.69) is 22.3 Å². The number of piperidine rings is 1. The Morgan fingerprint density at radius 3 is 2.57 bits per heavy atom. The Kier molecular flexibility index (Phi) is 5.63. The molecular weight excluding hydrogens is 352 g/mol. The fourth-order valence-corrected chi connectivity index (χ4v) is 3.73. The van der Waals surface area contributed by atoms with Crippen LogP contribution in [0.15, 0.2) is 52.9 Å². The second-order valence-electron chi connectivity index (χ2n) is 7.09. The summed E-state index contributed by atoms with van der Waals surface area (Å²) >= 11 is 0. The van der Waals surface area contributed by atoms with Gasteiger partial charge in [0.1, 0.15) is 5.58 Å². The molecule has 1 N–H and O–H groups in total. The lowest BCUT2D eigenvalue weighted by Gasteiger charge is -2.28. The summed E-state index contributed by atoms with van der Waals surface area (Å²) in [6.07, 6.45) is 3.80. The molecule has 0 bridgehead atoms. The van der Waals surface area contributed by atoms with E-state index in [1.54, 1.807) is 0 Å². The number of ether oxygens (including phenoxy) is 1. The maximum atomic E-state index is 12.9. The number of benzene rings is 2. The molecular formula is C23H26N2O3. The topological polar surface area (TPSA) is 54.7 Å². The highest BCUT2D eigenvalue weighted by Gasteiger charge is 2.21. The van der Waals surface area contributed by atoms with Crippen molar-refractivity contribution in [1.29, 1.82) is 0 Å². The molecule has 5 heteroatoms. The molecule has 0 radical (unpaired) electrons. The number of nitrogens with zero attached hydrogens (tertiary/aromatic N) is 1. The molecule has 5 nitrogen and oxygen atoms in total. The number of nitrogens with one attached hydrogen (secondary N) is 1. The second-order valence-corrected chi connectivity index (χ2v) is 7.09. The molecule has 146 valence electrons. The average molecular weight is 378 g/mol. The van der Waals surface area contributed by atoms with Crippen molar-refractivity contribution >= 4 is 28.3 Å². The third-order valence-corrected chi connectivity index (χ3v) is 5.20. The van der Waals surface area contributed by atoms with Crippen molar-refractivity contribution in [2.24, 2.45) is 0 Å². The van der Waals surface area contributed by atoms with E-state index in [-0.39, 0.29) is 5.91 Å². The van der Waals surface area contributed by atoms with E-state index >= 15 is 0 Å². The second kappa shape index (κ2) is 8.48. The van der Waals surface area contributed by atoms with Crippen LogP contribution in [-0.2, 0) is 11.3 Å². The van der Waals surface area contributed by atoms with Crippen LogP contribution in [0.2, 0.25) is 0 Å². The minimum absolute atomic E-state index is 0.253. The lowest BCUT2D eigenvalue weighted by atomic mass is 10.1. The van der Waals surface area contributed by atoms with E-state index in [1.807, 2.05) is 43.3 Å². The number of anilines is 2. The number of rotatable bonds is 6. The predicted molar refractivity (Wildman–Crippen MR) is 112 cm³/mol. The third kappa shape index (κ3) is 3.90. The Bertz CT molecular complexity index is 940. The zero-order valence-electron chi connectivity index (χ0n) is 16.2. The molecule has 0 aliphatic carbocycles. The summed E-state index contributed by atoms with van der Waals surface area (Å²) in [5.41, 5.74) is 3.45. The molecule has 0 saturated carbocycles. The van der Waals surface area contributed by atoms with Gasteiger partial charge in [0.15, 0.2) is 5.76 Å². The van der Waals surface area contributed by atoms with Gasteiger partial charge in [-0.1, -0.05) is 18.2 Å². The van der Waals surface area contributed by atoms with Crippen LogP contribution in [0.1, 0.15) is 42.3 Å². The van der Waals surface area contributed by atoms with Gasteiger partial charge in [-0.25, -0.2) is 0 Å². The van der Waals surface area contributed by atoms with E-state index < -0.39 is 0 Å². The molecule has 2 heterocycles. The van der Waals surface area contributed by atoms with Crippen molar-refractivity contribution in [3.8, 4) is 0 Å². The number of carbonyl (C=O) groups excluding carboxylic acids is 1. The van der Waals surface area contributed by atoms with Gasteiger partial charge >= 0.3 is 0 Å². The maximum absolute atomic E-state index is 12.9. The van der Waals surface area contributed by atoms with Gasteiger partial charge < -0.3 is 19.4 Å². The highest BCUT2D eigenvalue weighted by atomic mass is 16.5. The van der Waals surface area contributed by atoms with Gasteiger partial charge in [0.05, 0.1) is 6.61 Å². The molecule has 1 aliphatic rings. The number of amides is 1. The van der Waals surface area contributed by atoms with Crippen LogP contribution >= 0.6 is 0 Å². The van der Waals surface area contributed by atoms with Crippen molar-refractivity contribution < 1.29 is 13.9 Å². The van der Waals surface area contributed by atoms with E-state index in [4.69, 9.17) is 9.15 Å². The Balaban J connectivity index is 1.53. The van der Waals surface area contributed by atoms with Crippen LogP contribution < -0.4 is 10.2 Å². The SMILES string of the molecule is CCOCc1c(C(=O)Nc2ccc(N3CCCCC3)cc2)oc2ccccc12. The molecule has 1 aromatic heterocycles. The summed E-state index contributed by atoms with van der Waals surface area (Å²) < 4.78 is 11.4. The van der Waals surface area contributed by atoms with Crippen molar-refractivity contribution in [3.05, 3.63) is 59.9 Å². The number of hydrogen-bond donors (Lipinski definition) is 1. The van der Waals surface area contributed by atoms with E-state index in [0.717, 1.165) is 29.7 Å². The van der Waals surface area contributed by atoms with Gasteiger partial charge in [0.2, 0.25) is 0 Å². The zero-order chi connectivity index (χ0) is 19.3. The van der Waals surface area contributed by atoms with Crippen LogP contribution in [0.3, 0.4) is 0 Å². The minimum Gasteiger partial charge on any atom is -0.451 e. The van der Waals surface area contributed by atoms with Gasteiger partial charge in [-0.3, -0.25) is 4.79 Å². The normalized spacial score (nSPS) is 14.4. The molecule has 0 unspecified atom stereocenters. The number of fused-ring (bicyclic) bond motifs is 1. The van der Waals surface area contributed by atoms with Gasteiger partial charge in [0.25, 0.3) is 5.91 Å². The third-order valence-electron chi connectivity index (χ3n) is 5.20. The molecule has 4 rings (SSSR count). The van der Waals surface area contributed by atoms with Crippen molar-refractivity contribution in [2.75, 3.05) is 29.9 Å². The van der Waals surface area contributed by atoms with Crippen LogP contribution in [0.25, 0.3) is 11.0 Å². The van der Waals surface area contributed by atoms with E-state index in [0.29, 0.717) is 24.6 Å².